The number of hydrogen-bond acceptors (Lipinski definition) is 2. The van der Waals surface area contributed by atoms with E-state index >= 15 is 0 Å². The topological polar surface area (TPSA) is 46.5 Å². The van der Waals surface area contributed by atoms with Crippen LogP contribution in [0.15, 0.2) is 42.2 Å². The van der Waals surface area contributed by atoms with Crippen molar-refractivity contribution in [2.45, 2.75) is 25.7 Å². The molecule has 0 spiro atoms. The highest BCUT2D eigenvalue weighted by atomic mass is 16.5. The number of carboxylic acid groups (broad SMARTS) is 1. The second-order valence-corrected chi connectivity index (χ2v) is 3.85. The van der Waals surface area contributed by atoms with E-state index in [-0.39, 0.29) is 0 Å². The molecule has 0 radical (unpaired) electrons. The van der Waals surface area contributed by atoms with Crippen molar-refractivity contribution in [3.63, 3.8) is 0 Å². The zero-order chi connectivity index (χ0) is 12.5. The van der Waals surface area contributed by atoms with Gasteiger partial charge >= 0.3 is 5.97 Å². The van der Waals surface area contributed by atoms with Crippen LogP contribution in [0.2, 0.25) is 0 Å². The lowest BCUT2D eigenvalue weighted by Gasteiger charge is -2.05. The highest BCUT2D eigenvalue weighted by Crippen LogP contribution is 2.11. The highest BCUT2D eigenvalue weighted by Gasteiger charge is 2.00. The molecule has 0 aromatic heterocycles. The van der Waals surface area contributed by atoms with Crippen molar-refractivity contribution in [2.24, 2.45) is 0 Å². The first kappa shape index (κ1) is 13.3. The molecule has 1 N–H and O–H groups in total. The minimum absolute atomic E-state index is 0.533. The standard InChI is InChI=1S/C14H18O3/c1-17-13(11-14(15)16)10-6-5-9-12-7-3-2-4-8-12/h2-4,7-8,11H,5-6,9-10H2,1H3,(H,15,16)/b13-11-. The van der Waals surface area contributed by atoms with Crippen molar-refractivity contribution in [1.82, 2.24) is 0 Å². The molecule has 0 bridgehead atoms. The number of aliphatic carboxylic acids is 1. The normalized spacial score (nSPS) is 11.2. The van der Waals surface area contributed by atoms with Crippen molar-refractivity contribution in [3.05, 3.63) is 47.7 Å². The third-order valence-electron chi connectivity index (χ3n) is 2.53. The van der Waals surface area contributed by atoms with Crippen LogP contribution in [0, 0.1) is 0 Å². The van der Waals surface area contributed by atoms with Crippen LogP contribution in [-0.4, -0.2) is 18.2 Å². The number of hydrogen-bond donors (Lipinski definition) is 1. The monoisotopic (exact) mass is 234 g/mol. The van der Waals surface area contributed by atoms with Crippen molar-refractivity contribution in [1.29, 1.82) is 0 Å². The van der Waals surface area contributed by atoms with Gasteiger partial charge in [-0.25, -0.2) is 4.79 Å². The van der Waals surface area contributed by atoms with Crippen LogP contribution in [0.1, 0.15) is 24.8 Å². The van der Waals surface area contributed by atoms with Crippen molar-refractivity contribution < 1.29 is 14.6 Å². The summed E-state index contributed by atoms with van der Waals surface area (Å²) >= 11 is 0. The summed E-state index contributed by atoms with van der Waals surface area (Å²) in [7, 11) is 1.51. The Morgan fingerprint density at radius 3 is 2.59 bits per heavy atom. The van der Waals surface area contributed by atoms with Gasteiger partial charge in [0.2, 0.25) is 0 Å². The maximum Gasteiger partial charge on any atom is 0.331 e. The molecule has 0 saturated carbocycles. The molecule has 17 heavy (non-hydrogen) atoms. The van der Waals surface area contributed by atoms with Crippen LogP contribution in [-0.2, 0) is 16.0 Å². The molecule has 1 rings (SSSR count). The third-order valence-corrected chi connectivity index (χ3v) is 2.53. The number of ether oxygens (including phenoxy) is 1. The molecule has 3 nitrogen and oxygen atoms in total. The quantitative estimate of drug-likeness (QED) is 0.448. The number of carbonyl (C=O) groups is 1. The molecular formula is C14H18O3. The fourth-order valence-electron chi connectivity index (χ4n) is 1.64. The fraction of sp³-hybridized carbons (Fsp3) is 0.357. The Labute approximate surface area is 102 Å². The molecule has 0 aliphatic rings. The van der Waals surface area contributed by atoms with Crippen LogP contribution >= 0.6 is 0 Å². The van der Waals surface area contributed by atoms with E-state index in [9.17, 15) is 4.79 Å². The molecule has 0 aliphatic heterocycles. The maximum atomic E-state index is 10.5. The smallest absolute Gasteiger partial charge is 0.331 e. The summed E-state index contributed by atoms with van der Waals surface area (Å²) in [5.74, 6) is -0.421. The van der Waals surface area contributed by atoms with E-state index in [1.807, 2.05) is 18.2 Å². The molecule has 0 amide bonds. The van der Waals surface area contributed by atoms with Gasteiger partial charge in [-0.05, 0) is 24.8 Å². The average molecular weight is 234 g/mol. The minimum atomic E-state index is -0.954. The van der Waals surface area contributed by atoms with E-state index in [1.54, 1.807) is 0 Å². The van der Waals surface area contributed by atoms with Crippen molar-refractivity contribution in [3.8, 4) is 0 Å². The Bertz CT molecular complexity index is 368. The predicted molar refractivity (Wildman–Crippen MR) is 66.7 cm³/mol. The van der Waals surface area contributed by atoms with Gasteiger partial charge in [0.15, 0.2) is 0 Å². The third kappa shape index (κ3) is 5.76. The predicted octanol–water partition coefficient (Wildman–Crippen LogP) is 3.01. The van der Waals surface area contributed by atoms with Gasteiger partial charge in [-0.3, -0.25) is 0 Å². The first-order valence-corrected chi connectivity index (χ1v) is 5.74. The molecule has 1 aromatic carbocycles. The lowest BCUT2D eigenvalue weighted by Crippen LogP contribution is -1.95. The Morgan fingerprint density at radius 1 is 1.29 bits per heavy atom. The Morgan fingerprint density at radius 2 is 2.00 bits per heavy atom. The zero-order valence-corrected chi connectivity index (χ0v) is 10.1. The number of aryl methyl sites for hydroxylation is 1. The summed E-state index contributed by atoms with van der Waals surface area (Å²) in [6, 6.07) is 10.3. The van der Waals surface area contributed by atoms with Crippen LogP contribution in [0.4, 0.5) is 0 Å². The summed E-state index contributed by atoms with van der Waals surface area (Å²) in [5.41, 5.74) is 1.31. The number of methoxy groups -OCH3 is 1. The van der Waals surface area contributed by atoms with Crippen LogP contribution < -0.4 is 0 Å². The number of benzene rings is 1. The second-order valence-electron chi connectivity index (χ2n) is 3.85. The molecule has 1 aromatic rings. The van der Waals surface area contributed by atoms with Gasteiger partial charge in [0.05, 0.1) is 13.2 Å². The van der Waals surface area contributed by atoms with Crippen LogP contribution in [0.25, 0.3) is 0 Å². The van der Waals surface area contributed by atoms with Gasteiger partial charge < -0.3 is 9.84 Å². The van der Waals surface area contributed by atoms with Gasteiger partial charge in [0.1, 0.15) is 5.76 Å². The average Bonchev–Trinajstić information content (AvgIpc) is 2.34. The largest absolute Gasteiger partial charge is 0.501 e. The van der Waals surface area contributed by atoms with Crippen LogP contribution in [0.5, 0.6) is 0 Å². The molecule has 0 fully saturated rings. The molecule has 0 unspecified atom stereocenters. The lowest BCUT2D eigenvalue weighted by molar-refractivity contribution is -0.131. The Hall–Kier alpha value is -1.77. The SMILES string of the molecule is CO/C(=C\C(=O)O)CCCCc1ccccc1. The Kier molecular flexibility index (Phi) is 5.86. The van der Waals surface area contributed by atoms with E-state index < -0.39 is 5.97 Å². The van der Waals surface area contributed by atoms with Gasteiger partial charge in [-0.1, -0.05) is 30.3 Å². The van der Waals surface area contributed by atoms with E-state index in [0.717, 1.165) is 25.3 Å². The van der Waals surface area contributed by atoms with Gasteiger partial charge in [-0.15, -0.1) is 0 Å². The van der Waals surface area contributed by atoms with Gasteiger partial charge in [-0.2, -0.15) is 0 Å². The molecule has 0 atom stereocenters. The van der Waals surface area contributed by atoms with Crippen molar-refractivity contribution >= 4 is 5.97 Å². The van der Waals surface area contributed by atoms with Gasteiger partial charge in [0.25, 0.3) is 0 Å². The maximum absolute atomic E-state index is 10.5. The summed E-state index contributed by atoms with van der Waals surface area (Å²) in [5, 5.41) is 8.59. The van der Waals surface area contributed by atoms with E-state index in [2.05, 4.69) is 12.1 Å². The summed E-state index contributed by atoms with van der Waals surface area (Å²) < 4.78 is 4.99. The van der Waals surface area contributed by atoms with E-state index in [4.69, 9.17) is 9.84 Å². The van der Waals surface area contributed by atoms with Crippen molar-refractivity contribution in [2.75, 3.05) is 7.11 Å². The molecule has 92 valence electrons. The molecule has 0 heterocycles. The minimum Gasteiger partial charge on any atom is -0.501 e. The summed E-state index contributed by atoms with van der Waals surface area (Å²) in [4.78, 5) is 10.5. The molecular weight excluding hydrogens is 216 g/mol. The zero-order valence-electron chi connectivity index (χ0n) is 10.1. The number of rotatable bonds is 7. The number of carboxylic acids is 1. The first-order valence-electron chi connectivity index (χ1n) is 5.74. The lowest BCUT2D eigenvalue weighted by atomic mass is 10.1. The number of allylic oxidation sites excluding steroid dienone is 1. The van der Waals surface area contributed by atoms with Crippen LogP contribution in [0.3, 0.4) is 0 Å². The number of unbranched alkanes of at least 4 members (excludes halogenated alkanes) is 1. The van der Waals surface area contributed by atoms with E-state index in [0.29, 0.717) is 12.2 Å². The fourth-order valence-corrected chi connectivity index (χ4v) is 1.64. The first-order chi connectivity index (χ1) is 8.22. The van der Waals surface area contributed by atoms with Gasteiger partial charge in [0, 0.05) is 6.42 Å². The molecule has 0 saturated heterocycles. The van der Waals surface area contributed by atoms with E-state index in [1.165, 1.54) is 12.7 Å². The Balaban J connectivity index is 2.26. The second kappa shape index (κ2) is 7.49. The molecule has 3 heteroatoms. The summed E-state index contributed by atoms with van der Waals surface area (Å²) in [6.45, 7) is 0. The highest BCUT2D eigenvalue weighted by molar-refractivity contribution is 5.80. The summed E-state index contributed by atoms with van der Waals surface area (Å²) in [6.07, 6.45) is 4.79. The molecule has 0 aliphatic carbocycles.